The van der Waals surface area contributed by atoms with Crippen LogP contribution in [0.3, 0.4) is 0 Å². The Morgan fingerprint density at radius 3 is 2.38 bits per heavy atom. The number of methoxy groups -OCH3 is 1. The molecule has 0 atom stereocenters. The minimum absolute atomic E-state index is 0. The number of ether oxygens (including phenoxy) is 3. The zero-order valence-corrected chi connectivity index (χ0v) is 19.9. The Morgan fingerprint density at radius 2 is 1.72 bits per heavy atom. The summed E-state index contributed by atoms with van der Waals surface area (Å²) in [4.78, 5) is 6.83. The topological polar surface area (TPSA) is 67.4 Å². The van der Waals surface area contributed by atoms with Crippen LogP contribution in [0.25, 0.3) is 0 Å². The van der Waals surface area contributed by atoms with Gasteiger partial charge in [-0.15, -0.1) is 24.0 Å². The van der Waals surface area contributed by atoms with Crippen LogP contribution in [0.5, 0.6) is 0 Å². The third-order valence-corrected chi connectivity index (χ3v) is 5.70. The van der Waals surface area contributed by atoms with E-state index in [1.54, 1.807) is 14.2 Å². The summed E-state index contributed by atoms with van der Waals surface area (Å²) >= 11 is 0. The average Bonchev–Trinajstić information content (AvgIpc) is 2.76. The van der Waals surface area contributed by atoms with Gasteiger partial charge in [-0.1, -0.05) is 24.3 Å². The molecule has 1 aromatic rings. The van der Waals surface area contributed by atoms with E-state index in [9.17, 15) is 0 Å². The molecule has 2 N–H and O–H groups in total. The van der Waals surface area contributed by atoms with Gasteiger partial charge in [0.15, 0.2) is 5.96 Å². The van der Waals surface area contributed by atoms with Gasteiger partial charge in [-0.25, -0.2) is 0 Å². The normalized spacial score (nSPS) is 20.0. The molecule has 0 saturated carbocycles. The molecule has 2 saturated heterocycles. The highest BCUT2D eigenvalue weighted by Crippen LogP contribution is 2.23. The van der Waals surface area contributed by atoms with Crippen LogP contribution in [-0.2, 0) is 27.3 Å². The van der Waals surface area contributed by atoms with Gasteiger partial charge in [0.1, 0.15) is 0 Å². The van der Waals surface area contributed by atoms with E-state index in [-0.39, 0.29) is 29.6 Å². The highest BCUT2D eigenvalue weighted by Gasteiger charge is 2.32. The van der Waals surface area contributed by atoms with Gasteiger partial charge in [0.2, 0.25) is 0 Å². The number of rotatable bonds is 7. The summed E-state index contributed by atoms with van der Waals surface area (Å²) in [5, 5.41) is 6.89. The van der Waals surface area contributed by atoms with Crippen LogP contribution in [0.1, 0.15) is 24.0 Å². The van der Waals surface area contributed by atoms with Crippen molar-refractivity contribution < 1.29 is 14.2 Å². The number of morpholine rings is 1. The number of nitrogens with one attached hydrogen (secondary N) is 2. The molecular weight excluding hydrogens is 483 g/mol. The Hall–Kier alpha value is -0.940. The monoisotopic (exact) mass is 518 g/mol. The maximum absolute atomic E-state index is 5.80. The first-order valence-corrected chi connectivity index (χ1v) is 10.2. The maximum Gasteiger partial charge on any atom is 0.191 e. The van der Waals surface area contributed by atoms with Crippen LogP contribution in [0.4, 0.5) is 0 Å². The second kappa shape index (κ2) is 12.7. The number of hydrogen-bond acceptors (Lipinski definition) is 5. The molecule has 0 unspecified atom stereocenters. The molecule has 0 amide bonds. The molecule has 2 aliphatic heterocycles. The van der Waals surface area contributed by atoms with E-state index < -0.39 is 0 Å². The van der Waals surface area contributed by atoms with Crippen LogP contribution in [0.15, 0.2) is 29.3 Å². The zero-order valence-electron chi connectivity index (χ0n) is 17.6. The molecule has 7 nitrogen and oxygen atoms in total. The van der Waals surface area contributed by atoms with Crippen LogP contribution in [-0.4, -0.2) is 76.7 Å². The molecule has 2 heterocycles. The first-order valence-electron chi connectivity index (χ1n) is 10.2. The molecule has 164 valence electrons. The summed E-state index contributed by atoms with van der Waals surface area (Å²) in [6, 6.07) is 8.60. The van der Waals surface area contributed by atoms with E-state index in [0.717, 1.165) is 78.0 Å². The van der Waals surface area contributed by atoms with E-state index in [0.29, 0.717) is 0 Å². The molecule has 29 heavy (non-hydrogen) atoms. The fourth-order valence-corrected chi connectivity index (χ4v) is 3.73. The Labute approximate surface area is 191 Å². The van der Waals surface area contributed by atoms with Crippen LogP contribution in [0, 0.1) is 0 Å². The summed E-state index contributed by atoms with van der Waals surface area (Å²) in [6.45, 7) is 7.55. The van der Waals surface area contributed by atoms with Crippen molar-refractivity contribution in [3.8, 4) is 0 Å². The molecule has 8 heteroatoms. The molecule has 0 aromatic heterocycles. The molecule has 2 aliphatic rings. The Bertz CT molecular complexity index is 632. The van der Waals surface area contributed by atoms with Crippen molar-refractivity contribution in [2.45, 2.75) is 31.5 Å². The molecule has 0 aliphatic carbocycles. The molecule has 0 spiro atoms. The SMILES string of the molecule is CN=C(NCc1ccccc1CN1CCOCC1)NCC1(OC)CCOCC1.I. The lowest BCUT2D eigenvalue weighted by molar-refractivity contribution is -0.0855. The lowest BCUT2D eigenvalue weighted by Crippen LogP contribution is -2.50. The van der Waals surface area contributed by atoms with Gasteiger partial charge in [0.25, 0.3) is 0 Å². The molecule has 0 bridgehead atoms. The minimum Gasteiger partial charge on any atom is -0.381 e. The fraction of sp³-hybridized carbons (Fsp3) is 0.667. The molecular formula is C21H35IN4O3. The Balaban J connectivity index is 0.00000300. The van der Waals surface area contributed by atoms with E-state index in [1.165, 1.54) is 11.1 Å². The van der Waals surface area contributed by atoms with Crippen molar-refractivity contribution in [1.82, 2.24) is 15.5 Å². The van der Waals surface area contributed by atoms with Gasteiger partial charge in [-0.2, -0.15) is 0 Å². The predicted molar refractivity (Wildman–Crippen MR) is 126 cm³/mol. The largest absolute Gasteiger partial charge is 0.381 e. The lowest BCUT2D eigenvalue weighted by atomic mass is 9.94. The molecule has 2 fully saturated rings. The summed E-state index contributed by atoms with van der Waals surface area (Å²) in [6.07, 6.45) is 1.80. The molecule has 0 radical (unpaired) electrons. The number of aliphatic imine (C=N–C) groups is 1. The lowest BCUT2D eigenvalue weighted by Gasteiger charge is -2.36. The first kappa shape index (κ1) is 24.3. The van der Waals surface area contributed by atoms with E-state index >= 15 is 0 Å². The zero-order chi connectivity index (χ0) is 19.7. The molecule has 1 aromatic carbocycles. The quantitative estimate of drug-likeness (QED) is 0.327. The molecule has 3 rings (SSSR count). The highest BCUT2D eigenvalue weighted by molar-refractivity contribution is 14.0. The fourth-order valence-electron chi connectivity index (χ4n) is 3.73. The van der Waals surface area contributed by atoms with Crippen LogP contribution >= 0.6 is 24.0 Å². The van der Waals surface area contributed by atoms with Crippen LogP contribution in [0.2, 0.25) is 0 Å². The van der Waals surface area contributed by atoms with Gasteiger partial charge in [0.05, 0.1) is 18.8 Å². The van der Waals surface area contributed by atoms with Gasteiger partial charge in [0, 0.05) is 72.9 Å². The van der Waals surface area contributed by atoms with E-state index in [2.05, 4.69) is 44.8 Å². The number of hydrogen-bond donors (Lipinski definition) is 2. The third-order valence-electron chi connectivity index (χ3n) is 5.70. The second-order valence-corrected chi connectivity index (χ2v) is 7.44. The summed E-state index contributed by atoms with van der Waals surface area (Å²) in [7, 11) is 3.59. The maximum atomic E-state index is 5.80. The number of benzene rings is 1. The highest BCUT2D eigenvalue weighted by atomic mass is 127. The second-order valence-electron chi connectivity index (χ2n) is 7.44. The predicted octanol–water partition coefficient (Wildman–Crippen LogP) is 2.00. The first-order chi connectivity index (χ1) is 13.7. The summed E-state index contributed by atoms with van der Waals surface area (Å²) in [5.74, 6) is 0.795. The van der Waals surface area contributed by atoms with Crippen molar-refractivity contribution in [3.63, 3.8) is 0 Å². The third kappa shape index (κ3) is 7.36. The van der Waals surface area contributed by atoms with E-state index in [4.69, 9.17) is 14.2 Å². The smallest absolute Gasteiger partial charge is 0.191 e. The van der Waals surface area contributed by atoms with Gasteiger partial charge >= 0.3 is 0 Å². The van der Waals surface area contributed by atoms with Gasteiger partial charge in [-0.05, 0) is 11.1 Å². The van der Waals surface area contributed by atoms with Crippen molar-refractivity contribution in [2.75, 3.05) is 60.2 Å². The summed E-state index contributed by atoms with van der Waals surface area (Å²) in [5.41, 5.74) is 2.47. The minimum atomic E-state index is -0.176. The van der Waals surface area contributed by atoms with Gasteiger partial charge in [-0.3, -0.25) is 9.89 Å². The van der Waals surface area contributed by atoms with Crippen molar-refractivity contribution in [1.29, 1.82) is 0 Å². The van der Waals surface area contributed by atoms with Crippen molar-refractivity contribution in [3.05, 3.63) is 35.4 Å². The summed E-state index contributed by atoms with van der Waals surface area (Å²) < 4.78 is 16.7. The average molecular weight is 518 g/mol. The van der Waals surface area contributed by atoms with Gasteiger partial charge < -0.3 is 24.8 Å². The van der Waals surface area contributed by atoms with Crippen molar-refractivity contribution >= 4 is 29.9 Å². The number of nitrogens with zero attached hydrogens (tertiary/aromatic N) is 2. The standard InChI is InChI=1S/C21H34N4O3.HI/c1-22-20(24-17-21(26-2)7-11-27-12-8-21)23-15-18-5-3-4-6-19(18)16-25-9-13-28-14-10-25;/h3-6H,7-17H2,1-2H3,(H2,22,23,24);1H. The number of halogens is 1. The van der Waals surface area contributed by atoms with E-state index in [1.807, 2.05) is 0 Å². The number of guanidine groups is 1. The Morgan fingerprint density at radius 1 is 1.07 bits per heavy atom. The Kier molecular flexibility index (Phi) is 10.6. The van der Waals surface area contributed by atoms with Crippen molar-refractivity contribution in [2.24, 2.45) is 4.99 Å². The van der Waals surface area contributed by atoms with Crippen LogP contribution < -0.4 is 10.6 Å².